The molecule has 7 heteroatoms. The summed E-state index contributed by atoms with van der Waals surface area (Å²) in [6.45, 7) is 0. The van der Waals surface area contributed by atoms with Crippen molar-refractivity contribution in [1.29, 1.82) is 0 Å². The molecule has 0 aromatic rings. The van der Waals surface area contributed by atoms with Crippen molar-refractivity contribution >= 4 is 29.0 Å². The maximum atomic E-state index is 10.2. The zero-order valence-corrected chi connectivity index (χ0v) is 6.58. The first-order valence-electron chi connectivity index (χ1n) is 2.77. The third kappa shape index (κ3) is 4.56. The van der Waals surface area contributed by atoms with Crippen molar-refractivity contribution < 1.29 is 29.7 Å². The number of aliphatic carboxylic acids is 2. The Kier molecular flexibility index (Phi) is 4.12. The molecule has 68 valence electrons. The van der Waals surface area contributed by atoms with Gasteiger partial charge in [-0.3, -0.25) is 9.59 Å². The molecule has 6 nitrogen and oxygen atoms in total. The van der Waals surface area contributed by atoms with Gasteiger partial charge in [0.25, 0.3) is 0 Å². The van der Waals surface area contributed by atoms with Crippen LogP contribution < -0.4 is 0 Å². The normalized spacial score (nSPS) is 12.0. The molecule has 0 bridgehead atoms. The van der Waals surface area contributed by atoms with Crippen molar-refractivity contribution in [3.05, 3.63) is 0 Å². The van der Waals surface area contributed by atoms with Gasteiger partial charge in [-0.05, 0) is 11.8 Å². The Morgan fingerprint density at radius 1 is 1.17 bits per heavy atom. The van der Waals surface area contributed by atoms with Gasteiger partial charge in [-0.1, -0.05) is 0 Å². The number of carbonyl (C=O) groups is 3. The molecule has 3 N–H and O–H groups in total. The minimum absolute atomic E-state index is 0.0723. The summed E-state index contributed by atoms with van der Waals surface area (Å²) in [5.41, 5.74) is 0. The van der Waals surface area contributed by atoms with Crippen LogP contribution in [-0.4, -0.2) is 37.8 Å². The average Bonchev–Trinajstić information content (AvgIpc) is 1.83. The Bertz CT molecular complexity index is 196. The van der Waals surface area contributed by atoms with Gasteiger partial charge in [-0.15, -0.1) is 0 Å². The van der Waals surface area contributed by atoms with Crippen molar-refractivity contribution in [2.45, 2.75) is 11.7 Å². The van der Waals surface area contributed by atoms with Crippen LogP contribution in [-0.2, 0) is 9.59 Å². The minimum atomic E-state index is -1.44. The summed E-state index contributed by atoms with van der Waals surface area (Å²) in [5, 5.41) is 21.8. The Balaban J connectivity index is 4.14. The van der Waals surface area contributed by atoms with Crippen LogP contribution in [0, 0.1) is 0 Å². The fraction of sp³-hybridized carbons (Fsp3) is 0.400. The minimum Gasteiger partial charge on any atom is -0.481 e. The number of hydrogen-bond acceptors (Lipinski definition) is 4. The SMILES string of the molecule is O=C(O)CC(SC(=O)O)C(=O)O. The monoisotopic (exact) mass is 194 g/mol. The second kappa shape index (κ2) is 4.60. The van der Waals surface area contributed by atoms with Gasteiger partial charge in [0.05, 0.1) is 6.42 Å². The van der Waals surface area contributed by atoms with Gasteiger partial charge in [-0.2, -0.15) is 0 Å². The van der Waals surface area contributed by atoms with Gasteiger partial charge in [0.2, 0.25) is 0 Å². The van der Waals surface area contributed by atoms with Gasteiger partial charge < -0.3 is 15.3 Å². The number of thioether (sulfide) groups is 1. The fourth-order valence-electron chi connectivity index (χ4n) is 0.460. The maximum absolute atomic E-state index is 10.2. The van der Waals surface area contributed by atoms with Crippen molar-refractivity contribution in [3.8, 4) is 0 Å². The Hall–Kier alpha value is -1.24. The van der Waals surface area contributed by atoms with Crippen molar-refractivity contribution in [2.75, 3.05) is 0 Å². The number of rotatable bonds is 4. The van der Waals surface area contributed by atoms with E-state index in [-0.39, 0.29) is 11.8 Å². The van der Waals surface area contributed by atoms with Crippen LogP contribution in [0.3, 0.4) is 0 Å². The molecule has 0 saturated heterocycles. The van der Waals surface area contributed by atoms with E-state index in [1.165, 1.54) is 0 Å². The lowest BCUT2D eigenvalue weighted by atomic mass is 10.3. The molecule has 0 rings (SSSR count). The van der Waals surface area contributed by atoms with E-state index in [9.17, 15) is 14.4 Å². The molecule has 0 aliphatic carbocycles. The summed E-state index contributed by atoms with van der Waals surface area (Å²) in [6, 6.07) is 0. The molecule has 0 aliphatic heterocycles. The van der Waals surface area contributed by atoms with E-state index in [2.05, 4.69) is 0 Å². The highest BCUT2D eigenvalue weighted by atomic mass is 32.2. The van der Waals surface area contributed by atoms with Gasteiger partial charge >= 0.3 is 17.2 Å². The molecular weight excluding hydrogens is 188 g/mol. The molecule has 1 atom stereocenters. The predicted molar refractivity (Wildman–Crippen MR) is 39.3 cm³/mol. The van der Waals surface area contributed by atoms with Crippen LogP contribution in [0.15, 0.2) is 0 Å². The van der Waals surface area contributed by atoms with Crippen LogP contribution in [0.1, 0.15) is 6.42 Å². The van der Waals surface area contributed by atoms with E-state index in [1.54, 1.807) is 0 Å². The molecular formula is C5H6O6S. The summed E-state index contributed by atoms with van der Waals surface area (Å²) < 4.78 is 0. The fourth-order valence-corrected chi connectivity index (χ4v) is 1.03. The summed E-state index contributed by atoms with van der Waals surface area (Å²) in [7, 11) is 0. The zero-order chi connectivity index (χ0) is 9.72. The van der Waals surface area contributed by atoms with Crippen LogP contribution >= 0.6 is 11.8 Å². The molecule has 0 spiro atoms. The number of hydrogen-bond donors (Lipinski definition) is 3. The highest BCUT2D eigenvalue weighted by molar-refractivity contribution is 8.14. The molecule has 0 aromatic carbocycles. The van der Waals surface area contributed by atoms with E-state index in [0.29, 0.717) is 0 Å². The van der Waals surface area contributed by atoms with Crippen molar-refractivity contribution in [2.24, 2.45) is 0 Å². The van der Waals surface area contributed by atoms with Crippen LogP contribution in [0.5, 0.6) is 0 Å². The number of carboxylic acid groups (broad SMARTS) is 3. The van der Waals surface area contributed by atoms with Gasteiger partial charge in [0, 0.05) is 0 Å². The molecule has 12 heavy (non-hydrogen) atoms. The largest absolute Gasteiger partial charge is 0.481 e. The first-order chi connectivity index (χ1) is 5.43. The first kappa shape index (κ1) is 10.8. The van der Waals surface area contributed by atoms with E-state index >= 15 is 0 Å². The predicted octanol–water partition coefficient (Wildman–Crippen LogP) is 0.326. The third-order valence-electron chi connectivity index (χ3n) is 0.879. The summed E-state index contributed by atoms with van der Waals surface area (Å²) >= 11 is 0.0723. The quantitative estimate of drug-likeness (QED) is 0.590. The Morgan fingerprint density at radius 3 is 1.92 bits per heavy atom. The second-order valence-electron chi connectivity index (χ2n) is 1.81. The van der Waals surface area contributed by atoms with E-state index < -0.39 is 28.9 Å². The van der Waals surface area contributed by atoms with Crippen molar-refractivity contribution in [1.82, 2.24) is 0 Å². The highest BCUT2D eigenvalue weighted by Gasteiger charge is 2.24. The molecule has 0 aromatic heterocycles. The highest BCUT2D eigenvalue weighted by Crippen LogP contribution is 2.15. The van der Waals surface area contributed by atoms with Gasteiger partial charge in [0.15, 0.2) is 0 Å². The standard InChI is InChI=1S/C5H6O6S/c6-3(7)1-2(4(8)9)12-5(10)11/h2H,1H2,(H,6,7)(H,8,9)(H,10,11). The Labute approximate surface area is 71.2 Å². The molecule has 0 aliphatic rings. The van der Waals surface area contributed by atoms with Gasteiger partial charge in [-0.25, -0.2) is 4.79 Å². The molecule has 0 amide bonds. The van der Waals surface area contributed by atoms with Crippen molar-refractivity contribution in [3.63, 3.8) is 0 Å². The molecule has 0 radical (unpaired) electrons. The third-order valence-corrected chi connectivity index (χ3v) is 1.73. The number of carboxylic acids is 2. The molecule has 0 fully saturated rings. The van der Waals surface area contributed by atoms with E-state index in [1.807, 2.05) is 0 Å². The maximum Gasteiger partial charge on any atom is 0.365 e. The van der Waals surface area contributed by atoms with E-state index in [4.69, 9.17) is 15.3 Å². The summed E-state index contributed by atoms with van der Waals surface area (Å²) in [6.07, 6.45) is -0.702. The van der Waals surface area contributed by atoms with Gasteiger partial charge in [0.1, 0.15) is 5.25 Å². The molecule has 1 unspecified atom stereocenters. The second-order valence-corrected chi connectivity index (χ2v) is 2.96. The Morgan fingerprint density at radius 2 is 1.67 bits per heavy atom. The van der Waals surface area contributed by atoms with Crippen LogP contribution in [0.4, 0.5) is 4.79 Å². The van der Waals surface area contributed by atoms with Crippen LogP contribution in [0.2, 0.25) is 0 Å². The lowest BCUT2D eigenvalue weighted by molar-refractivity contribution is -0.142. The van der Waals surface area contributed by atoms with Crippen LogP contribution in [0.25, 0.3) is 0 Å². The smallest absolute Gasteiger partial charge is 0.365 e. The topological polar surface area (TPSA) is 112 Å². The zero-order valence-electron chi connectivity index (χ0n) is 5.76. The first-order valence-corrected chi connectivity index (χ1v) is 3.65. The molecule has 0 heterocycles. The lowest BCUT2D eigenvalue weighted by Gasteiger charge is -2.04. The lowest BCUT2D eigenvalue weighted by Crippen LogP contribution is -2.21. The molecule has 0 saturated carbocycles. The average molecular weight is 194 g/mol. The summed E-state index contributed by atoms with van der Waals surface area (Å²) in [5.74, 6) is -2.78. The van der Waals surface area contributed by atoms with E-state index in [0.717, 1.165) is 0 Å². The summed E-state index contributed by atoms with van der Waals surface area (Å²) in [4.78, 5) is 30.3.